The number of pyridine rings is 1. The van der Waals surface area contributed by atoms with Gasteiger partial charge in [0.15, 0.2) is 0 Å². The zero-order valence-corrected chi connectivity index (χ0v) is 15.0. The average Bonchev–Trinajstić information content (AvgIpc) is 3.14. The normalized spacial score (nSPS) is 16.9. The standard InChI is InChI=1S/C19H18ClN3O3/c1-12-16(9-21)18(24)23(11-15-3-2-8-26-15)19(25)17(12)10-22-14-6-4-13(20)5-7-14/h4-7,10,15,25H,2-3,8,11H2,1H3. The smallest absolute Gasteiger partial charge is 0.271 e. The van der Waals surface area contributed by atoms with E-state index >= 15 is 0 Å². The first kappa shape index (κ1) is 18.2. The average molecular weight is 372 g/mol. The summed E-state index contributed by atoms with van der Waals surface area (Å²) in [5.74, 6) is -0.209. The summed E-state index contributed by atoms with van der Waals surface area (Å²) in [4.78, 5) is 16.9. The van der Waals surface area contributed by atoms with Crippen LogP contribution < -0.4 is 5.56 Å². The van der Waals surface area contributed by atoms with Gasteiger partial charge in [0.25, 0.3) is 5.56 Å². The lowest BCUT2D eigenvalue weighted by molar-refractivity contribution is 0.0938. The molecular weight excluding hydrogens is 354 g/mol. The van der Waals surface area contributed by atoms with E-state index in [1.807, 2.05) is 6.07 Å². The van der Waals surface area contributed by atoms with E-state index in [4.69, 9.17) is 16.3 Å². The molecule has 1 N–H and O–H groups in total. The fourth-order valence-corrected chi connectivity index (χ4v) is 3.08. The second-order valence-electron chi connectivity index (χ2n) is 6.13. The number of rotatable bonds is 4. The number of ether oxygens (including phenoxy) is 1. The van der Waals surface area contributed by atoms with E-state index in [-0.39, 0.29) is 24.1 Å². The van der Waals surface area contributed by atoms with Gasteiger partial charge in [-0.25, -0.2) is 0 Å². The fraction of sp³-hybridized carbons (Fsp3) is 0.316. The lowest BCUT2D eigenvalue weighted by atomic mass is 10.1. The molecule has 26 heavy (non-hydrogen) atoms. The highest BCUT2D eigenvalue weighted by molar-refractivity contribution is 6.30. The van der Waals surface area contributed by atoms with Crippen LogP contribution in [-0.4, -0.2) is 28.6 Å². The largest absolute Gasteiger partial charge is 0.494 e. The Morgan fingerprint density at radius 2 is 2.19 bits per heavy atom. The minimum atomic E-state index is -0.512. The van der Waals surface area contributed by atoms with Crippen molar-refractivity contribution in [3.63, 3.8) is 0 Å². The summed E-state index contributed by atoms with van der Waals surface area (Å²) in [6.45, 7) is 2.47. The Balaban J connectivity index is 2.04. The Morgan fingerprint density at radius 3 is 2.81 bits per heavy atom. The van der Waals surface area contributed by atoms with Crippen molar-refractivity contribution in [1.29, 1.82) is 5.26 Å². The van der Waals surface area contributed by atoms with Gasteiger partial charge < -0.3 is 9.84 Å². The van der Waals surface area contributed by atoms with Crippen LogP contribution in [0, 0.1) is 18.3 Å². The molecular formula is C19H18ClN3O3. The van der Waals surface area contributed by atoms with Crippen molar-refractivity contribution < 1.29 is 9.84 Å². The van der Waals surface area contributed by atoms with Crippen LogP contribution >= 0.6 is 11.6 Å². The molecule has 1 unspecified atom stereocenters. The van der Waals surface area contributed by atoms with Crippen molar-refractivity contribution in [1.82, 2.24) is 4.57 Å². The van der Waals surface area contributed by atoms with E-state index in [1.165, 1.54) is 10.8 Å². The van der Waals surface area contributed by atoms with Gasteiger partial charge in [0.05, 0.1) is 23.9 Å². The van der Waals surface area contributed by atoms with Crippen molar-refractivity contribution in [2.45, 2.75) is 32.4 Å². The first-order valence-corrected chi connectivity index (χ1v) is 8.66. The van der Waals surface area contributed by atoms with Crippen molar-refractivity contribution in [2.24, 2.45) is 4.99 Å². The van der Waals surface area contributed by atoms with E-state index in [1.54, 1.807) is 31.2 Å². The zero-order chi connectivity index (χ0) is 18.7. The Labute approximate surface area is 155 Å². The molecule has 1 fully saturated rings. The number of nitriles is 1. The summed E-state index contributed by atoms with van der Waals surface area (Å²) >= 11 is 5.86. The van der Waals surface area contributed by atoms with Gasteiger partial charge in [0, 0.05) is 17.8 Å². The summed E-state index contributed by atoms with van der Waals surface area (Å²) in [5, 5.41) is 20.6. The van der Waals surface area contributed by atoms with Crippen LogP contribution in [0.3, 0.4) is 0 Å². The molecule has 1 aromatic heterocycles. The number of hydrogen-bond acceptors (Lipinski definition) is 5. The van der Waals surface area contributed by atoms with Gasteiger partial charge in [-0.3, -0.25) is 14.4 Å². The minimum Gasteiger partial charge on any atom is -0.494 e. The zero-order valence-electron chi connectivity index (χ0n) is 14.3. The van der Waals surface area contributed by atoms with Gasteiger partial charge >= 0.3 is 0 Å². The van der Waals surface area contributed by atoms with Crippen LogP contribution in [0.4, 0.5) is 5.69 Å². The molecule has 0 radical (unpaired) electrons. The van der Waals surface area contributed by atoms with E-state index in [0.717, 1.165) is 12.8 Å². The molecule has 0 spiro atoms. The SMILES string of the molecule is Cc1c(C=Nc2ccc(Cl)cc2)c(O)n(CC2CCCO2)c(=O)c1C#N. The Hall–Kier alpha value is -2.62. The molecule has 1 aliphatic rings. The highest BCUT2D eigenvalue weighted by atomic mass is 35.5. The van der Waals surface area contributed by atoms with Gasteiger partial charge in [-0.05, 0) is 49.6 Å². The summed E-state index contributed by atoms with van der Waals surface area (Å²) in [5.41, 5.74) is 0.869. The first-order chi connectivity index (χ1) is 12.5. The number of halogens is 1. The van der Waals surface area contributed by atoms with Crippen molar-refractivity contribution >= 4 is 23.5 Å². The van der Waals surface area contributed by atoms with Crippen molar-refractivity contribution in [3.05, 3.63) is 56.3 Å². The number of aromatic nitrogens is 1. The van der Waals surface area contributed by atoms with Gasteiger partial charge in [-0.1, -0.05) is 11.6 Å². The maximum atomic E-state index is 12.6. The molecule has 0 bridgehead atoms. The molecule has 0 aliphatic carbocycles. The Kier molecular flexibility index (Phi) is 5.40. The molecule has 3 rings (SSSR count). The van der Waals surface area contributed by atoms with Crippen LogP contribution in [0.25, 0.3) is 0 Å². The topological polar surface area (TPSA) is 87.6 Å². The van der Waals surface area contributed by atoms with Crippen LogP contribution in [0.5, 0.6) is 5.88 Å². The number of aliphatic imine (C=N–C) groups is 1. The summed E-state index contributed by atoms with van der Waals surface area (Å²) in [6, 6.07) is 8.82. The van der Waals surface area contributed by atoms with E-state index in [2.05, 4.69) is 4.99 Å². The number of nitrogens with zero attached hydrogens (tertiary/aromatic N) is 3. The second-order valence-corrected chi connectivity index (χ2v) is 6.57. The van der Waals surface area contributed by atoms with Gasteiger partial charge in [-0.2, -0.15) is 5.26 Å². The summed E-state index contributed by atoms with van der Waals surface area (Å²) < 4.78 is 6.75. The maximum absolute atomic E-state index is 12.6. The van der Waals surface area contributed by atoms with Crippen LogP contribution in [0.2, 0.25) is 5.02 Å². The van der Waals surface area contributed by atoms with Crippen LogP contribution in [-0.2, 0) is 11.3 Å². The molecule has 2 aromatic rings. The molecule has 7 heteroatoms. The molecule has 1 saturated heterocycles. The third-order valence-electron chi connectivity index (χ3n) is 4.43. The highest BCUT2D eigenvalue weighted by Gasteiger charge is 2.22. The second kappa shape index (κ2) is 7.73. The lowest BCUT2D eigenvalue weighted by Crippen LogP contribution is -2.29. The Bertz CT molecular complexity index is 936. The highest BCUT2D eigenvalue weighted by Crippen LogP contribution is 2.24. The number of hydrogen-bond donors (Lipinski definition) is 1. The monoisotopic (exact) mass is 371 g/mol. The predicted octanol–water partition coefficient (Wildman–Crippen LogP) is 3.32. The molecule has 6 nitrogen and oxygen atoms in total. The molecule has 1 atom stereocenters. The number of aromatic hydroxyl groups is 1. The molecule has 1 aromatic carbocycles. The summed E-state index contributed by atoms with van der Waals surface area (Å²) in [7, 11) is 0. The lowest BCUT2D eigenvalue weighted by Gasteiger charge is -2.17. The van der Waals surface area contributed by atoms with Crippen LogP contribution in [0.15, 0.2) is 34.1 Å². The predicted molar refractivity (Wildman–Crippen MR) is 99.5 cm³/mol. The molecule has 0 amide bonds. The molecule has 2 heterocycles. The Morgan fingerprint density at radius 1 is 1.46 bits per heavy atom. The van der Waals surface area contributed by atoms with Gasteiger partial charge in [-0.15, -0.1) is 0 Å². The van der Waals surface area contributed by atoms with E-state index in [0.29, 0.717) is 28.4 Å². The third kappa shape index (κ3) is 3.64. The van der Waals surface area contributed by atoms with Crippen molar-refractivity contribution in [2.75, 3.05) is 6.61 Å². The fourth-order valence-electron chi connectivity index (χ4n) is 2.95. The van der Waals surface area contributed by atoms with Crippen LogP contribution in [0.1, 0.15) is 29.5 Å². The summed E-state index contributed by atoms with van der Waals surface area (Å²) in [6.07, 6.45) is 3.05. The molecule has 134 valence electrons. The van der Waals surface area contributed by atoms with E-state index < -0.39 is 5.56 Å². The molecule has 0 saturated carbocycles. The third-order valence-corrected chi connectivity index (χ3v) is 4.68. The van der Waals surface area contributed by atoms with E-state index in [9.17, 15) is 15.2 Å². The quantitative estimate of drug-likeness (QED) is 0.835. The van der Waals surface area contributed by atoms with Crippen molar-refractivity contribution in [3.8, 4) is 11.9 Å². The van der Waals surface area contributed by atoms with Gasteiger partial charge in [0.2, 0.25) is 5.88 Å². The van der Waals surface area contributed by atoms with Gasteiger partial charge in [0.1, 0.15) is 11.6 Å². The minimum absolute atomic E-state index is 0.00152. The first-order valence-electron chi connectivity index (χ1n) is 8.29. The number of benzene rings is 1. The maximum Gasteiger partial charge on any atom is 0.271 e. The molecule has 1 aliphatic heterocycles.